The van der Waals surface area contributed by atoms with Gasteiger partial charge in [-0.2, -0.15) is 10.2 Å². The molecule has 1 aromatic heterocycles. The van der Waals surface area contributed by atoms with E-state index >= 15 is 0 Å². The molecule has 2 aliphatic heterocycles. The second kappa shape index (κ2) is 3.33. The predicted octanol–water partition coefficient (Wildman–Crippen LogP) is 0.784. The first kappa shape index (κ1) is 9.86. The van der Waals surface area contributed by atoms with Gasteiger partial charge in [-0.3, -0.25) is 9.89 Å². The molecule has 0 spiro atoms. The lowest BCUT2D eigenvalue weighted by Crippen LogP contribution is -2.31. The zero-order chi connectivity index (χ0) is 12.0. The van der Waals surface area contributed by atoms with Crippen molar-refractivity contribution in [3.05, 3.63) is 29.9 Å². The number of amides is 2. The normalized spacial score (nSPS) is 22.7. The Morgan fingerprint density at radius 3 is 3.06 bits per heavy atom. The number of fused-ring (bicyclic) bond motifs is 2. The largest absolute Gasteiger partial charge is 0.344 e. The van der Waals surface area contributed by atoms with Crippen LogP contribution in [0.5, 0.6) is 0 Å². The van der Waals surface area contributed by atoms with Crippen molar-refractivity contribution in [1.29, 1.82) is 0 Å². The van der Waals surface area contributed by atoms with Crippen molar-refractivity contribution in [2.24, 2.45) is 0 Å². The Hall–Kier alpha value is -2.33. The second-order valence-corrected chi connectivity index (χ2v) is 3.99. The Balaban J connectivity index is 1.94. The molecule has 7 nitrogen and oxygen atoms in total. The van der Waals surface area contributed by atoms with Crippen LogP contribution in [0, 0.1) is 6.57 Å². The summed E-state index contributed by atoms with van der Waals surface area (Å²) in [6, 6.07) is -0.717. The van der Waals surface area contributed by atoms with Crippen molar-refractivity contribution < 1.29 is 10.0 Å². The van der Waals surface area contributed by atoms with Gasteiger partial charge in [-0.05, 0) is 6.08 Å². The van der Waals surface area contributed by atoms with E-state index in [0.29, 0.717) is 18.8 Å². The average Bonchev–Trinajstić information content (AvgIpc) is 2.91. The fourth-order valence-electron chi connectivity index (χ4n) is 2.07. The summed E-state index contributed by atoms with van der Waals surface area (Å²) in [5, 5.41) is 14.3. The Kier molecular flexibility index (Phi) is 1.93. The fourth-order valence-corrected chi connectivity index (χ4v) is 2.07. The first-order valence-corrected chi connectivity index (χ1v) is 5.09. The molecule has 3 rings (SSSR count). The van der Waals surface area contributed by atoms with Gasteiger partial charge in [0.05, 0.1) is 31.1 Å². The van der Waals surface area contributed by atoms with E-state index in [1.165, 1.54) is 6.20 Å². The van der Waals surface area contributed by atoms with E-state index in [0.717, 1.165) is 10.8 Å². The molecule has 0 radical (unpaired) electrons. The number of aromatic nitrogens is 2. The van der Waals surface area contributed by atoms with Gasteiger partial charge < -0.3 is 4.90 Å². The van der Waals surface area contributed by atoms with Crippen LogP contribution in [-0.4, -0.2) is 50.1 Å². The minimum atomic E-state index is -0.390. The summed E-state index contributed by atoms with van der Waals surface area (Å²) < 4.78 is 1.57. The Morgan fingerprint density at radius 2 is 2.41 bits per heavy atom. The van der Waals surface area contributed by atoms with Gasteiger partial charge in [0.25, 0.3) is 0 Å². The smallest absolute Gasteiger partial charge is 0.314 e. The molecule has 2 bridgehead atoms. The van der Waals surface area contributed by atoms with E-state index in [4.69, 9.17) is 6.57 Å². The molecule has 1 fully saturated rings. The monoisotopic (exact) mass is 231 g/mol. The van der Waals surface area contributed by atoms with Crippen LogP contribution in [0.25, 0.3) is 10.5 Å². The maximum Gasteiger partial charge on any atom is 0.344 e. The number of carbonyl (C=O) groups is 1. The molecule has 7 heteroatoms. The highest BCUT2D eigenvalue weighted by Gasteiger charge is 2.39. The van der Waals surface area contributed by atoms with Crippen molar-refractivity contribution in [1.82, 2.24) is 19.7 Å². The second-order valence-electron chi connectivity index (χ2n) is 3.99. The van der Waals surface area contributed by atoms with Gasteiger partial charge in [-0.1, -0.05) is 0 Å². The minimum absolute atomic E-state index is 0.327. The van der Waals surface area contributed by atoms with Crippen LogP contribution >= 0.6 is 0 Å². The van der Waals surface area contributed by atoms with Crippen molar-refractivity contribution >= 4 is 17.4 Å². The topological polar surface area (TPSA) is 66.0 Å². The van der Waals surface area contributed by atoms with Crippen LogP contribution in [0.4, 0.5) is 10.5 Å². The van der Waals surface area contributed by atoms with E-state index in [2.05, 4.69) is 9.94 Å². The number of urea groups is 1. The lowest BCUT2D eigenvalue weighted by Gasteiger charge is -2.20. The van der Waals surface area contributed by atoms with E-state index in [1.807, 2.05) is 0 Å². The van der Waals surface area contributed by atoms with Gasteiger partial charge in [0.1, 0.15) is 0 Å². The van der Waals surface area contributed by atoms with Crippen LogP contribution < -0.4 is 0 Å². The Morgan fingerprint density at radius 1 is 1.59 bits per heavy atom. The van der Waals surface area contributed by atoms with Crippen molar-refractivity contribution in [3.8, 4) is 0 Å². The number of hydroxylamine groups is 2. The molecule has 1 saturated heterocycles. The molecule has 0 aromatic carbocycles. The van der Waals surface area contributed by atoms with Gasteiger partial charge in [0, 0.05) is 12.7 Å². The summed E-state index contributed by atoms with van der Waals surface area (Å²) in [4.78, 5) is 16.3. The van der Waals surface area contributed by atoms with Crippen molar-refractivity contribution in [3.63, 3.8) is 0 Å². The highest BCUT2D eigenvalue weighted by Crippen LogP contribution is 2.25. The molecule has 1 atom stereocenters. The third-order valence-corrected chi connectivity index (χ3v) is 2.92. The number of hydrogen-bond donors (Lipinski definition) is 1. The van der Waals surface area contributed by atoms with Crippen molar-refractivity contribution in [2.45, 2.75) is 6.04 Å². The minimum Gasteiger partial charge on any atom is -0.314 e. The van der Waals surface area contributed by atoms with E-state index in [1.54, 1.807) is 21.9 Å². The lowest BCUT2D eigenvalue weighted by atomic mass is 10.2. The number of hydrogen-bond acceptors (Lipinski definition) is 3. The molecule has 1 N–H and O–H groups in total. The molecule has 86 valence electrons. The standard InChI is InChI=1S/C10H9N5O2/c1-11-7-3-12-14(4-7)8-2-9-6-13(5-8)10(16)15(9)17/h2-4,9,17H,5-6H2. The lowest BCUT2D eigenvalue weighted by molar-refractivity contribution is -0.0450. The van der Waals surface area contributed by atoms with Crippen LogP contribution in [0.15, 0.2) is 18.5 Å². The van der Waals surface area contributed by atoms with Crippen LogP contribution in [0.1, 0.15) is 0 Å². The van der Waals surface area contributed by atoms with Gasteiger partial charge >= 0.3 is 6.03 Å². The predicted molar refractivity (Wildman–Crippen MR) is 57.1 cm³/mol. The van der Waals surface area contributed by atoms with Crippen molar-refractivity contribution in [2.75, 3.05) is 13.1 Å². The number of rotatable bonds is 1. The molecule has 3 heterocycles. The molecule has 1 unspecified atom stereocenters. The summed E-state index contributed by atoms with van der Waals surface area (Å²) in [5.74, 6) is 0. The molecular weight excluding hydrogens is 222 g/mol. The molecule has 0 saturated carbocycles. The quantitative estimate of drug-likeness (QED) is 0.573. The SMILES string of the molecule is [C-]#[N+]c1cnn(C2=CC3CN(C2)C(=O)N3O)c1. The third kappa shape index (κ3) is 1.38. The molecule has 0 aliphatic carbocycles. The van der Waals surface area contributed by atoms with E-state index in [-0.39, 0.29) is 12.1 Å². The van der Waals surface area contributed by atoms with E-state index < -0.39 is 0 Å². The summed E-state index contributed by atoms with van der Waals surface area (Å²) >= 11 is 0. The molecule has 2 amide bonds. The molecule has 17 heavy (non-hydrogen) atoms. The van der Waals surface area contributed by atoms with Crippen LogP contribution in [0.2, 0.25) is 0 Å². The summed E-state index contributed by atoms with van der Waals surface area (Å²) in [5.41, 5.74) is 1.24. The highest BCUT2D eigenvalue weighted by molar-refractivity contribution is 5.79. The van der Waals surface area contributed by atoms with E-state index in [9.17, 15) is 10.0 Å². The molecular formula is C10H9N5O2. The zero-order valence-electron chi connectivity index (χ0n) is 8.82. The maximum atomic E-state index is 11.5. The number of carbonyl (C=O) groups excluding carboxylic acids is 1. The summed E-state index contributed by atoms with van der Waals surface area (Å²) in [7, 11) is 0. The first-order valence-electron chi connectivity index (χ1n) is 5.09. The first-order chi connectivity index (χ1) is 8.19. The van der Waals surface area contributed by atoms with Crippen LogP contribution in [0.3, 0.4) is 0 Å². The molecule has 2 aliphatic rings. The number of nitrogens with zero attached hydrogens (tertiary/aromatic N) is 5. The average molecular weight is 231 g/mol. The van der Waals surface area contributed by atoms with Gasteiger partial charge in [-0.25, -0.2) is 9.64 Å². The van der Waals surface area contributed by atoms with Gasteiger partial charge in [-0.15, -0.1) is 0 Å². The summed E-state index contributed by atoms with van der Waals surface area (Å²) in [6.45, 7) is 7.76. The Labute approximate surface area is 96.9 Å². The van der Waals surface area contributed by atoms with Crippen LogP contribution in [-0.2, 0) is 0 Å². The summed E-state index contributed by atoms with van der Waals surface area (Å²) in [6.07, 6.45) is 4.87. The fraction of sp³-hybridized carbons (Fsp3) is 0.300. The molecule has 1 aromatic rings. The third-order valence-electron chi connectivity index (χ3n) is 2.92. The zero-order valence-corrected chi connectivity index (χ0v) is 8.82. The van der Waals surface area contributed by atoms with Gasteiger partial charge in [0.2, 0.25) is 5.69 Å². The maximum absolute atomic E-state index is 11.5. The Bertz CT molecular complexity index is 555. The highest BCUT2D eigenvalue weighted by atomic mass is 16.5. The van der Waals surface area contributed by atoms with Gasteiger partial charge in [0.15, 0.2) is 0 Å².